The van der Waals surface area contributed by atoms with Gasteiger partial charge in [0.2, 0.25) is 0 Å². The van der Waals surface area contributed by atoms with Crippen LogP contribution in [0.15, 0.2) is 90.7 Å². The van der Waals surface area contributed by atoms with Crippen molar-refractivity contribution in [2.45, 2.75) is 0 Å². The molecule has 5 rings (SSSR count). The van der Waals surface area contributed by atoms with Gasteiger partial charge < -0.3 is 4.74 Å². The zero-order chi connectivity index (χ0) is 22.6. The average Bonchev–Trinajstić information content (AvgIpc) is 3.53. The summed E-state index contributed by atoms with van der Waals surface area (Å²) in [6.45, 7) is 0. The number of nitrogens with zero attached hydrogens (tertiary/aromatic N) is 4. The van der Waals surface area contributed by atoms with Crippen LogP contribution in [0.2, 0.25) is 0 Å². The van der Waals surface area contributed by atoms with Gasteiger partial charge in [-0.15, -0.1) is 11.3 Å². The molecule has 0 aliphatic carbocycles. The molecule has 1 amide bonds. The summed E-state index contributed by atoms with van der Waals surface area (Å²) in [5.41, 5.74) is 4.28. The van der Waals surface area contributed by atoms with Crippen LogP contribution < -0.4 is 10.1 Å². The number of nitrogens with one attached hydrogen (secondary N) is 1. The Morgan fingerprint density at radius 2 is 1.88 bits per heavy atom. The number of aromatic nitrogens is 4. The summed E-state index contributed by atoms with van der Waals surface area (Å²) in [6, 6.07) is 20.9. The Kier molecular flexibility index (Phi) is 5.65. The van der Waals surface area contributed by atoms with E-state index in [1.165, 1.54) is 11.3 Å². The summed E-state index contributed by atoms with van der Waals surface area (Å²) in [4.78, 5) is 22.0. The van der Waals surface area contributed by atoms with Gasteiger partial charge in [-0.1, -0.05) is 30.3 Å². The van der Waals surface area contributed by atoms with Crippen molar-refractivity contribution in [3.63, 3.8) is 0 Å². The Bertz CT molecular complexity index is 1400. The van der Waals surface area contributed by atoms with Crippen molar-refractivity contribution in [2.24, 2.45) is 0 Å². The first-order chi connectivity index (χ1) is 16.2. The fourth-order valence-corrected chi connectivity index (χ4v) is 4.09. The molecule has 3 aromatic heterocycles. The summed E-state index contributed by atoms with van der Waals surface area (Å²) in [5.74, 6) is 0.399. The Morgan fingerprint density at radius 1 is 1.03 bits per heavy atom. The lowest BCUT2D eigenvalue weighted by molar-refractivity contribution is 0.102. The van der Waals surface area contributed by atoms with Gasteiger partial charge in [-0.3, -0.25) is 15.1 Å². The van der Waals surface area contributed by atoms with E-state index < -0.39 is 0 Å². The van der Waals surface area contributed by atoms with Crippen LogP contribution in [0.4, 0.5) is 5.13 Å². The van der Waals surface area contributed by atoms with E-state index >= 15 is 0 Å². The van der Waals surface area contributed by atoms with Crippen LogP contribution >= 0.6 is 11.3 Å². The molecule has 33 heavy (non-hydrogen) atoms. The topological polar surface area (TPSA) is 81.9 Å². The van der Waals surface area contributed by atoms with Crippen molar-refractivity contribution in [3.05, 3.63) is 96.3 Å². The number of hydrogen-bond donors (Lipinski definition) is 1. The first kappa shape index (κ1) is 20.6. The van der Waals surface area contributed by atoms with Gasteiger partial charge in [0.05, 0.1) is 24.1 Å². The lowest BCUT2D eigenvalue weighted by Crippen LogP contribution is -2.12. The number of pyridine rings is 1. The lowest BCUT2D eigenvalue weighted by Gasteiger charge is -2.05. The van der Waals surface area contributed by atoms with E-state index in [4.69, 9.17) is 9.84 Å². The minimum Gasteiger partial charge on any atom is -0.497 e. The number of methoxy groups -OCH3 is 1. The second-order valence-corrected chi connectivity index (χ2v) is 8.00. The number of benzene rings is 2. The molecule has 1 N–H and O–H groups in total. The largest absolute Gasteiger partial charge is 0.497 e. The van der Waals surface area contributed by atoms with Crippen LogP contribution in [0.5, 0.6) is 5.75 Å². The summed E-state index contributed by atoms with van der Waals surface area (Å²) >= 11 is 1.36. The number of amides is 1. The fraction of sp³-hybridized carbons (Fsp3) is 0.0400. The molecule has 0 aliphatic heterocycles. The monoisotopic (exact) mass is 453 g/mol. The number of rotatable bonds is 6. The molecule has 2 aromatic carbocycles. The molecule has 0 radical (unpaired) electrons. The standard InChI is InChI=1S/C25H19N5O2S/c1-32-20-11-5-7-17(13-20)23-21(15-30(29-23)19-9-3-2-4-10-19)24(31)28-25-27-22(16-33-25)18-8-6-12-26-14-18/h2-16H,1H3,(H,27,28,31). The summed E-state index contributed by atoms with van der Waals surface area (Å²) in [6.07, 6.45) is 5.18. The highest BCUT2D eigenvalue weighted by molar-refractivity contribution is 7.14. The van der Waals surface area contributed by atoms with Crippen LogP contribution in [0, 0.1) is 0 Å². The van der Waals surface area contributed by atoms with E-state index in [9.17, 15) is 4.79 Å². The zero-order valence-corrected chi connectivity index (χ0v) is 18.5. The molecule has 5 aromatic rings. The molecule has 0 unspecified atom stereocenters. The quantitative estimate of drug-likeness (QED) is 0.376. The number of carbonyl (C=O) groups excluding carboxylic acids is 1. The number of carbonyl (C=O) groups is 1. The van der Waals surface area contributed by atoms with Crippen molar-refractivity contribution in [2.75, 3.05) is 12.4 Å². The fourth-order valence-electron chi connectivity index (χ4n) is 3.38. The first-order valence-corrected chi connectivity index (χ1v) is 11.1. The van der Waals surface area contributed by atoms with Crippen molar-refractivity contribution in [1.82, 2.24) is 19.7 Å². The molecule has 0 spiro atoms. The molecule has 7 nitrogen and oxygen atoms in total. The number of anilines is 1. The number of thiazole rings is 1. The van der Waals surface area contributed by atoms with Crippen molar-refractivity contribution in [3.8, 4) is 34.0 Å². The Morgan fingerprint density at radius 3 is 2.67 bits per heavy atom. The predicted molar refractivity (Wildman–Crippen MR) is 129 cm³/mol. The Labute approximate surface area is 194 Å². The van der Waals surface area contributed by atoms with Crippen molar-refractivity contribution in [1.29, 1.82) is 0 Å². The smallest absolute Gasteiger partial charge is 0.261 e. The molecule has 0 atom stereocenters. The van der Waals surface area contributed by atoms with Gasteiger partial charge >= 0.3 is 0 Å². The molecule has 0 saturated heterocycles. The predicted octanol–water partition coefficient (Wildman–Crippen LogP) is 5.32. The molecule has 0 bridgehead atoms. The van der Waals surface area contributed by atoms with E-state index in [1.807, 2.05) is 72.1 Å². The van der Waals surface area contributed by atoms with Crippen LogP contribution in [-0.2, 0) is 0 Å². The molecular formula is C25H19N5O2S. The van der Waals surface area contributed by atoms with Gasteiger partial charge in [-0.2, -0.15) is 5.10 Å². The number of ether oxygens (including phenoxy) is 1. The van der Waals surface area contributed by atoms with E-state index in [2.05, 4.69) is 15.3 Å². The Hall–Kier alpha value is -4.30. The summed E-state index contributed by atoms with van der Waals surface area (Å²) in [7, 11) is 1.61. The maximum atomic E-state index is 13.3. The van der Waals surface area contributed by atoms with E-state index in [0.717, 1.165) is 22.5 Å². The molecule has 162 valence electrons. The molecule has 8 heteroatoms. The van der Waals surface area contributed by atoms with Crippen molar-refractivity contribution < 1.29 is 9.53 Å². The van der Waals surface area contributed by atoms with Gasteiger partial charge in [0.1, 0.15) is 11.4 Å². The highest BCUT2D eigenvalue weighted by Gasteiger charge is 2.20. The third kappa shape index (κ3) is 4.37. The van der Waals surface area contributed by atoms with Gasteiger partial charge in [-0.25, -0.2) is 9.67 Å². The van der Waals surface area contributed by atoms with Crippen molar-refractivity contribution >= 4 is 22.4 Å². The molecule has 3 heterocycles. The van der Waals surface area contributed by atoms with Gasteiger partial charge in [0, 0.05) is 35.1 Å². The van der Waals surface area contributed by atoms with E-state index in [1.54, 1.807) is 30.4 Å². The SMILES string of the molecule is COc1cccc(-c2nn(-c3ccccc3)cc2C(=O)Nc2nc(-c3cccnc3)cs2)c1. The Balaban J connectivity index is 1.50. The second kappa shape index (κ2) is 9.05. The third-order valence-electron chi connectivity index (χ3n) is 5.00. The molecule has 0 fully saturated rings. The lowest BCUT2D eigenvalue weighted by atomic mass is 10.1. The minimum atomic E-state index is -0.290. The highest BCUT2D eigenvalue weighted by Crippen LogP contribution is 2.29. The van der Waals surface area contributed by atoms with Crippen LogP contribution in [-0.4, -0.2) is 32.8 Å². The van der Waals surface area contributed by atoms with Crippen LogP contribution in [0.3, 0.4) is 0 Å². The third-order valence-corrected chi connectivity index (χ3v) is 5.76. The highest BCUT2D eigenvalue weighted by atomic mass is 32.1. The normalized spacial score (nSPS) is 10.7. The van der Waals surface area contributed by atoms with E-state index in [0.29, 0.717) is 22.1 Å². The van der Waals surface area contributed by atoms with Crippen LogP contribution in [0.1, 0.15) is 10.4 Å². The maximum Gasteiger partial charge on any atom is 0.261 e. The average molecular weight is 454 g/mol. The summed E-state index contributed by atoms with van der Waals surface area (Å²) < 4.78 is 7.06. The van der Waals surface area contributed by atoms with Crippen LogP contribution in [0.25, 0.3) is 28.2 Å². The first-order valence-electron chi connectivity index (χ1n) is 10.2. The van der Waals surface area contributed by atoms with Gasteiger partial charge in [-0.05, 0) is 36.4 Å². The minimum absolute atomic E-state index is 0.290. The molecule has 0 saturated carbocycles. The summed E-state index contributed by atoms with van der Waals surface area (Å²) in [5, 5.41) is 10.0. The molecular weight excluding hydrogens is 434 g/mol. The van der Waals surface area contributed by atoms with Gasteiger partial charge in [0.25, 0.3) is 5.91 Å². The van der Waals surface area contributed by atoms with E-state index in [-0.39, 0.29) is 5.91 Å². The van der Waals surface area contributed by atoms with Gasteiger partial charge in [0.15, 0.2) is 5.13 Å². The maximum absolute atomic E-state index is 13.3. The zero-order valence-electron chi connectivity index (χ0n) is 17.7. The number of hydrogen-bond acceptors (Lipinski definition) is 6. The molecule has 0 aliphatic rings. The second-order valence-electron chi connectivity index (χ2n) is 7.14. The number of para-hydroxylation sites is 1.